The maximum Gasteiger partial charge on any atom is 0.319 e. The highest BCUT2D eigenvalue weighted by molar-refractivity contribution is 6.02. The quantitative estimate of drug-likeness (QED) is 0.739. The Hall–Kier alpha value is -1.92. The van der Waals surface area contributed by atoms with E-state index in [1.165, 1.54) is 0 Å². The number of carboxylic acids is 1. The normalized spacial score (nSPS) is 21.0. The van der Waals surface area contributed by atoms with E-state index in [1.54, 1.807) is 11.2 Å². The first kappa shape index (κ1) is 11.2. The van der Waals surface area contributed by atoms with Gasteiger partial charge in [-0.15, -0.1) is 10.2 Å². The molecule has 96 valence electrons. The van der Waals surface area contributed by atoms with E-state index in [1.807, 2.05) is 4.57 Å². The molecule has 2 aliphatic rings. The van der Waals surface area contributed by atoms with Gasteiger partial charge in [0.25, 0.3) is 0 Å². The zero-order chi connectivity index (χ0) is 12.8. The maximum absolute atomic E-state index is 12.4. The van der Waals surface area contributed by atoms with Crippen molar-refractivity contribution >= 4 is 11.9 Å². The molecule has 1 fully saturated rings. The van der Waals surface area contributed by atoms with Crippen LogP contribution in [0, 0.1) is 5.41 Å². The molecule has 0 unspecified atom stereocenters. The lowest BCUT2D eigenvalue weighted by Gasteiger charge is -2.40. The molecule has 1 aromatic rings. The predicted octanol–water partition coefficient (Wildman–Crippen LogP) is -0.125. The highest BCUT2D eigenvalue weighted by Crippen LogP contribution is 2.43. The van der Waals surface area contributed by atoms with Crippen LogP contribution >= 0.6 is 0 Å². The van der Waals surface area contributed by atoms with E-state index in [-0.39, 0.29) is 5.91 Å². The molecule has 1 amide bonds. The largest absolute Gasteiger partial charge is 0.480 e. The number of fused-ring (bicyclic) bond motifs is 1. The van der Waals surface area contributed by atoms with Crippen LogP contribution in [0.5, 0.6) is 0 Å². The van der Waals surface area contributed by atoms with Crippen LogP contribution < -0.4 is 0 Å². The average Bonchev–Trinajstić information content (AvgIpc) is 2.73. The van der Waals surface area contributed by atoms with Crippen LogP contribution in [0.1, 0.15) is 25.1 Å². The molecule has 1 aliphatic heterocycles. The monoisotopic (exact) mass is 250 g/mol. The van der Waals surface area contributed by atoms with Crippen LogP contribution in [0.2, 0.25) is 0 Å². The first-order valence-corrected chi connectivity index (χ1v) is 6.03. The summed E-state index contributed by atoms with van der Waals surface area (Å²) in [7, 11) is 0. The summed E-state index contributed by atoms with van der Waals surface area (Å²) in [6, 6.07) is 0. The number of carbonyl (C=O) groups is 2. The molecule has 0 aromatic carbocycles. The Morgan fingerprint density at radius 1 is 1.33 bits per heavy atom. The fraction of sp³-hybridized carbons (Fsp3) is 0.636. The fourth-order valence-electron chi connectivity index (χ4n) is 2.59. The third kappa shape index (κ3) is 1.43. The van der Waals surface area contributed by atoms with Gasteiger partial charge in [-0.25, -0.2) is 0 Å². The van der Waals surface area contributed by atoms with E-state index in [4.69, 9.17) is 0 Å². The van der Waals surface area contributed by atoms with Gasteiger partial charge < -0.3 is 14.6 Å². The summed E-state index contributed by atoms with van der Waals surface area (Å²) in [5.41, 5.74) is -1.18. The zero-order valence-electron chi connectivity index (χ0n) is 9.87. The van der Waals surface area contributed by atoms with E-state index in [0.717, 1.165) is 12.2 Å². The van der Waals surface area contributed by atoms with Crippen LogP contribution in [0.15, 0.2) is 6.33 Å². The van der Waals surface area contributed by atoms with Gasteiger partial charge in [0.15, 0.2) is 5.82 Å². The standard InChI is InChI=1S/C11H14N4O3/c16-9(11(10(17)18)2-1-3-11)14-4-5-15-7-12-13-8(15)6-14/h7H,1-6H2,(H,17,18). The Morgan fingerprint density at radius 2 is 2.11 bits per heavy atom. The number of amides is 1. The first-order valence-electron chi connectivity index (χ1n) is 6.03. The second-order valence-corrected chi connectivity index (χ2v) is 4.91. The van der Waals surface area contributed by atoms with Gasteiger partial charge in [-0.2, -0.15) is 0 Å². The van der Waals surface area contributed by atoms with Gasteiger partial charge in [-0.1, -0.05) is 6.42 Å². The van der Waals surface area contributed by atoms with Crippen LogP contribution in [0.25, 0.3) is 0 Å². The number of carboxylic acid groups (broad SMARTS) is 1. The highest BCUT2D eigenvalue weighted by atomic mass is 16.4. The second-order valence-electron chi connectivity index (χ2n) is 4.91. The molecule has 0 radical (unpaired) electrons. The Labute approximate surface area is 103 Å². The van der Waals surface area contributed by atoms with Gasteiger partial charge in [-0.3, -0.25) is 9.59 Å². The van der Waals surface area contributed by atoms with Crippen molar-refractivity contribution in [3.63, 3.8) is 0 Å². The number of carbonyl (C=O) groups excluding carboxylic acids is 1. The van der Waals surface area contributed by atoms with Crippen molar-refractivity contribution in [1.29, 1.82) is 0 Å². The van der Waals surface area contributed by atoms with Crippen LogP contribution in [0.4, 0.5) is 0 Å². The Kier molecular flexibility index (Phi) is 2.36. The van der Waals surface area contributed by atoms with Crippen molar-refractivity contribution in [2.75, 3.05) is 6.54 Å². The van der Waals surface area contributed by atoms with Crippen LogP contribution in [0.3, 0.4) is 0 Å². The van der Waals surface area contributed by atoms with Crippen molar-refractivity contribution in [2.45, 2.75) is 32.4 Å². The molecule has 0 spiro atoms. The summed E-state index contributed by atoms with van der Waals surface area (Å²) in [5.74, 6) is -0.546. The number of hydrogen-bond donors (Lipinski definition) is 1. The van der Waals surface area contributed by atoms with E-state index in [9.17, 15) is 14.7 Å². The Bertz CT molecular complexity index is 506. The number of aliphatic carboxylic acids is 1. The molecule has 3 rings (SSSR count). The molecule has 18 heavy (non-hydrogen) atoms. The van der Waals surface area contributed by atoms with Gasteiger partial charge in [0.1, 0.15) is 11.7 Å². The van der Waals surface area contributed by atoms with E-state index < -0.39 is 11.4 Å². The van der Waals surface area contributed by atoms with Crippen molar-refractivity contribution in [3.05, 3.63) is 12.2 Å². The van der Waals surface area contributed by atoms with E-state index >= 15 is 0 Å². The molecule has 0 bridgehead atoms. The summed E-state index contributed by atoms with van der Waals surface area (Å²) < 4.78 is 1.89. The van der Waals surface area contributed by atoms with Gasteiger partial charge in [0, 0.05) is 13.1 Å². The summed E-state index contributed by atoms with van der Waals surface area (Å²) in [6.07, 6.45) is 3.34. The van der Waals surface area contributed by atoms with Crippen molar-refractivity contribution in [3.8, 4) is 0 Å². The van der Waals surface area contributed by atoms with Crippen LogP contribution in [-0.2, 0) is 22.7 Å². The van der Waals surface area contributed by atoms with Gasteiger partial charge in [0.05, 0.1) is 6.54 Å². The average molecular weight is 250 g/mol. The minimum absolute atomic E-state index is 0.268. The molecule has 2 heterocycles. The zero-order valence-corrected chi connectivity index (χ0v) is 9.87. The second kappa shape index (κ2) is 3.79. The number of aromatic nitrogens is 3. The molecule has 0 atom stereocenters. The summed E-state index contributed by atoms with van der Waals surface area (Å²) in [5, 5.41) is 17.0. The minimum Gasteiger partial charge on any atom is -0.480 e. The summed E-state index contributed by atoms with van der Waals surface area (Å²) >= 11 is 0. The Morgan fingerprint density at radius 3 is 2.72 bits per heavy atom. The fourth-order valence-corrected chi connectivity index (χ4v) is 2.59. The molecular formula is C11H14N4O3. The highest BCUT2D eigenvalue weighted by Gasteiger charge is 2.53. The number of nitrogens with zero attached hydrogens (tertiary/aromatic N) is 4. The number of hydrogen-bond acceptors (Lipinski definition) is 4. The van der Waals surface area contributed by atoms with Gasteiger partial charge >= 0.3 is 5.97 Å². The molecule has 1 N–H and O–H groups in total. The van der Waals surface area contributed by atoms with E-state index in [2.05, 4.69) is 10.2 Å². The van der Waals surface area contributed by atoms with Crippen molar-refractivity contribution in [1.82, 2.24) is 19.7 Å². The molecule has 1 aliphatic carbocycles. The van der Waals surface area contributed by atoms with Crippen molar-refractivity contribution in [2.24, 2.45) is 5.41 Å². The van der Waals surface area contributed by atoms with Crippen LogP contribution in [-0.4, -0.2) is 43.2 Å². The molecule has 1 aromatic heterocycles. The summed E-state index contributed by atoms with van der Waals surface area (Å²) in [6.45, 7) is 1.51. The smallest absolute Gasteiger partial charge is 0.319 e. The Balaban J connectivity index is 1.80. The lowest BCUT2D eigenvalue weighted by molar-refractivity contribution is -0.168. The SMILES string of the molecule is O=C(O)C1(C(=O)N2CCn3cnnc3C2)CCC1. The third-order valence-electron chi connectivity index (χ3n) is 3.95. The third-order valence-corrected chi connectivity index (χ3v) is 3.95. The van der Waals surface area contributed by atoms with Gasteiger partial charge in [0.2, 0.25) is 5.91 Å². The number of rotatable bonds is 2. The topological polar surface area (TPSA) is 88.3 Å². The van der Waals surface area contributed by atoms with Crippen molar-refractivity contribution < 1.29 is 14.7 Å². The van der Waals surface area contributed by atoms with Gasteiger partial charge in [-0.05, 0) is 12.8 Å². The molecular weight excluding hydrogens is 236 g/mol. The summed E-state index contributed by atoms with van der Waals surface area (Å²) in [4.78, 5) is 25.3. The minimum atomic E-state index is -1.18. The molecule has 1 saturated carbocycles. The first-order chi connectivity index (χ1) is 8.63. The molecule has 0 saturated heterocycles. The van der Waals surface area contributed by atoms with E-state index in [0.29, 0.717) is 32.5 Å². The lowest BCUT2D eigenvalue weighted by atomic mass is 9.67. The maximum atomic E-state index is 12.4. The lowest BCUT2D eigenvalue weighted by Crippen LogP contribution is -2.54. The molecule has 7 heteroatoms. The molecule has 7 nitrogen and oxygen atoms in total. The predicted molar refractivity (Wildman–Crippen MR) is 59.4 cm³/mol.